The standard InChI is InChI=1S/C16H30N2O3/c1-13-6-2-3-7-15(13)21-12-14(19)10-17-11-16(20)18-8-4-5-9-18/h13-15,17,19H,2-12H2,1H3. The molecule has 0 aromatic rings. The molecule has 1 aliphatic heterocycles. The van der Waals surface area contributed by atoms with Crippen molar-refractivity contribution in [3.8, 4) is 0 Å². The van der Waals surface area contributed by atoms with Crippen LogP contribution in [0.15, 0.2) is 0 Å². The Bertz CT molecular complexity index is 319. The monoisotopic (exact) mass is 298 g/mol. The summed E-state index contributed by atoms with van der Waals surface area (Å²) in [6, 6.07) is 0. The SMILES string of the molecule is CC1CCCCC1OCC(O)CNCC(=O)N1CCCC1. The third-order valence-corrected chi connectivity index (χ3v) is 4.65. The van der Waals surface area contributed by atoms with Crippen LogP contribution < -0.4 is 5.32 Å². The highest BCUT2D eigenvalue weighted by Crippen LogP contribution is 2.26. The van der Waals surface area contributed by atoms with Gasteiger partial charge in [0.1, 0.15) is 0 Å². The van der Waals surface area contributed by atoms with E-state index >= 15 is 0 Å². The summed E-state index contributed by atoms with van der Waals surface area (Å²) < 4.78 is 5.83. The number of ether oxygens (including phenoxy) is 1. The largest absolute Gasteiger partial charge is 0.389 e. The van der Waals surface area contributed by atoms with Gasteiger partial charge in [0.05, 0.1) is 25.4 Å². The lowest BCUT2D eigenvalue weighted by molar-refractivity contribution is -0.129. The van der Waals surface area contributed by atoms with E-state index in [4.69, 9.17) is 4.74 Å². The summed E-state index contributed by atoms with van der Waals surface area (Å²) >= 11 is 0. The van der Waals surface area contributed by atoms with Crippen LogP contribution in [0, 0.1) is 5.92 Å². The molecule has 2 aliphatic rings. The zero-order valence-corrected chi connectivity index (χ0v) is 13.2. The fourth-order valence-electron chi connectivity index (χ4n) is 3.25. The number of amides is 1. The smallest absolute Gasteiger partial charge is 0.236 e. The number of aliphatic hydroxyl groups is 1. The fraction of sp³-hybridized carbons (Fsp3) is 0.938. The van der Waals surface area contributed by atoms with Crippen molar-refractivity contribution in [2.75, 3.05) is 32.8 Å². The van der Waals surface area contributed by atoms with Crippen LogP contribution in [-0.2, 0) is 9.53 Å². The molecule has 1 saturated heterocycles. The van der Waals surface area contributed by atoms with Gasteiger partial charge in [-0.25, -0.2) is 0 Å². The van der Waals surface area contributed by atoms with Crippen LogP contribution in [0.1, 0.15) is 45.4 Å². The Morgan fingerprint density at radius 2 is 2.00 bits per heavy atom. The summed E-state index contributed by atoms with van der Waals surface area (Å²) in [5.41, 5.74) is 0. The highest BCUT2D eigenvalue weighted by molar-refractivity contribution is 5.78. The normalized spacial score (nSPS) is 27.8. The van der Waals surface area contributed by atoms with Gasteiger partial charge in [-0.15, -0.1) is 0 Å². The summed E-state index contributed by atoms with van der Waals surface area (Å²) in [7, 11) is 0. The second-order valence-corrected chi connectivity index (χ2v) is 6.51. The van der Waals surface area contributed by atoms with E-state index in [9.17, 15) is 9.90 Å². The average Bonchev–Trinajstić information content (AvgIpc) is 3.00. The quantitative estimate of drug-likeness (QED) is 0.740. The van der Waals surface area contributed by atoms with E-state index in [0.717, 1.165) is 32.4 Å². The molecular weight excluding hydrogens is 268 g/mol. The van der Waals surface area contributed by atoms with E-state index in [2.05, 4.69) is 12.2 Å². The van der Waals surface area contributed by atoms with Crippen molar-refractivity contribution in [1.82, 2.24) is 10.2 Å². The van der Waals surface area contributed by atoms with Crippen molar-refractivity contribution in [3.05, 3.63) is 0 Å². The van der Waals surface area contributed by atoms with E-state index in [-0.39, 0.29) is 5.91 Å². The lowest BCUT2D eigenvalue weighted by Gasteiger charge is -2.29. The lowest BCUT2D eigenvalue weighted by atomic mass is 9.88. The summed E-state index contributed by atoms with van der Waals surface area (Å²) in [5, 5.41) is 13.0. The molecule has 1 heterocycles. The number of likely N-dealkylation sites (tertiary alicyclic amines) is 1. The molecule has 5 nitrogen and oxygen atoms in total. The molecule has 122 valence electrons. The van der Waals surface area contributed by atoms with Crippen LogP contribution >= 0.6 is 0 Å². The average molecular weight is 298 g/mol. The molecule has 2 N–H and O–H groups in total. The molecule has 2 fully saturated rings. The van der Waals surface area contributed by atoms with Gasteiger partial charge in [0, 0.05) is 19.6 Å². The van der Waals surface area contributed by atoms with Crippen LogP contribution in [0.2, 0.25) is 0 Å². The van der Waals surface area contributed by atoms with Crippen LogP contribution in [0.3, 0.4) is 0 Å². The zero-order valence-electron chi connectivity index (χ0n) is 13.2. The molecule has 1 aliphatic carbocycles. The van der Waals surface area contributed by atoms with Crippen molar-refractivity contribution in [3.63, 3.8) is 0 Å². The first-order valence-corrected chi connectivity index (χ1v) is 8.45. The van der Waals surface area contributed by atoms with Gasteiger partial charge in [-0.05, 0) is 31.6 Å². The Morgan fingerprint density at radius 1 is 1.29 bits per heavy atom. The molecule has 1 amide bonds. The van der Waals surface area contributed by atoms with E-state index in [1.165, 1.54) is 19.3 Å². The second kappa shape index (κ2) is 8.71. The molecule has 21 heavy (non-hydrogen) atoms. The number of hydrogen-bond acceptors (Lipinski definition) is 4. The molecule has 0 radical (unpaired) electrons. The van der Waals surface area contributed by atoms with Crippen LogP contribution in [-0.4, -0.2) is 60.9 Å². The Kier molecular flexibility index (Phi) is 6.93. The predicted octanol–water partition coefficient (Wildman–Crippen LogP) is 1.15. The van der Waals surface area contributed by atoms with Gasteiger partial charge in [-0.1, -0.05) is 19.8 Å². The number of aliphatic hydroxyl groups excluding tert-OH is 1. The predicted molar refractivity (Wildman–Crippen MR) is 82.1 cm³/mol. The van der Waals surface area contributed by atoms with E-state index in [1.54, 1.807) is 0 Å². The topological polar surface area (TPSA) is 61.8 Å². The van der Waals surface area contributed by atoms with Gasteiger partial charge >= 0.3 is 0 Å². The number of nitrogens with one attached hydrogen (secondary N) is 1. The Hall–Kier alpha value is -0.650. The molecule has 1 saturated carbocycles. The van der Waals surface area contributed by atoms with E-state index in [1.807, 2.05) is 4.90 Å². The number of nitrogens with zero attached hydrogens (tertiary/aromatic N) is 1. The van der Waals surface area contributed by atoms with Gasteiger partial charge < -0.3 is 20.1 Å². The maximum Gasteiger partial charge on any atom is 0.236 e. The van der Waals surface area contributed by atoms with Crippen molar-refractivity contribution in [2.24, 2.45) is 5.92 Å². The molecule has 0 bridgehead atoms. The van der Waals surface area contributed by atoms with Gasteiger partial charge in [0.2, 0.25) is 5.91 Å². The highest BCUT2D eigenvalue weighted by atomic mass is 16.5. The minimum absolute atomic E-state index is 0.140. The van der Waals surface area contributed by atoms with Crippen LogP contribution in [0.5, 0.6) is 0 Å². The summed E-state index contributed by atoms with van der Waals surface area (Å²) in [4.78, 5) is 13.7. The number of carbonyl (C=O) groups is 1. The van der Waals surface area contributed by atoms with Gasteiger partial charge in [-0.2, -0.15) is 0 Å². The van der Waals surface area contributed by atoms with Gasteiger partial charge in [0.15, 0.2) is 0 Å². The maximum atomic E-state index is 11.8. The van der Waals surface area contributed by atoms with Crippen molar-refractivity contribution in [1.29, 1.82) is 0 Å². The highest BCUT2D eigenvalue weighted by Gasteiger charge is 2.23. The van der Waals surface area contributed by atoms with Crippen LogP contribution in [0.25, 0.3) is 0 Å². The third kappa shape index (κ3) is 5.57. The fourth-order valence-corrected chi connectivity index (χ4v) is 3.25. The molecule has 3 unspecified atom stereocenters. The van der Waals surface area contributed by atoms with Gasteiger partial charge in [-0.3, -0.25) is 4.79 Å². The molecule has 2 rings (SSSR count). The summed E-state index contributed by atoms with van der Waals surface area (Å²) in [6.45, 7) is 5.08. The Balaban J connectivity index is 1.54. The molecular formula is C16H30N2O3. The second-order valence-electron chi connectivity index (χ2n) is 6.51. The maximum absolute atomic E-state index is 11.8. The Morgan fingerprint density at radius 3 is 2.71 bits per heavy atom. The number of hydrogen-bond donors (Lipinski definition) is 2. The molecule has 0 aromatic heterocycles. The lowest BCUT2D eigenvalue weighted by Crippen LogP contribution is -2.40. The molecule has 3 atom stereocenters. The Labute approximate surface area is 128 Å². The van der Waals surface area contributed by atoms with Crippen molar-refractivity contribution in [2.45, 2.75) is 57.7 Å². The first kappa shape index (κ1) is 16.7. The molecule has 0 spiro atoms. The number of carbonyl (C=O) groups excluding carboxylic acids is 1. The van der Waals surface area contributed by atoms with Crippen LogP contribution in [0.4, 0.5) is 0 Å². The first-order valence-electron chi connectivity index (χ1n) is 8.45. The van der Waals surface area contributed by atoms with Crippen molar-refractivity contribution >= 4 is 5.91 Å². The summed E-state index contributed by atoms with van der Waals surface area (Å²) in [5.74, 6) is 0.733. The first-order chi connectivity index (χ1) is 10.2. The third-order valence-electron chi connectivity index (χ3n) is 4.65. The minimum atomic E-state index is -0.537. The van der Waals surface area contributed by atoms with E-state index < -0.39 is 6.10 Å². The number of rotatable bonds is 7. The summed E-state index contributed by atoms with van der Waals surface area (Å²) in [6.07, 6.45) is 6.84. The zero-order chi connectivity index (χ0) is 15.1. The minimum Gasteiger partial charge on any atom is -0.389 e. The molecule has 5 heteroatoms. The molecule has 0 aromatic carbocycles. The van der Waals surface area contributed by atoms with Crippen molar-refractivity contribution < 1.29 is 14.6 Å². The van der Waals surface area contributed by atoms with E-state index in [0.29, 0.717) is 31.7 Å². The van der Waals surface area contributed by atoms with Gasteiger partial charge in [0.25, 0.3) is 0 Å².